The normalized spacial score (nSPS) is 11.2. The number of rotatable bonds is 5. The van der Waals surface area contributed by atoms with E-state index < -0.39 is 0 Å². The third-order valence-corrected chi connectivity index (χ3v) is 7.20. The first kappa shape index (κ1) is 21.1. The molecule has 0 spiro atoms. The van der Waals surface area contributed by atoms with Crippen molar-refractivity contribution < 1.29 is 0 Å². The zero-order valence-corrected chi connectivity index (χ0v) is 19.6. The Labute approximate surface area is 201 Å². The smallest absolute Gasteiger partial charge is 0.149 e. The molecular formula is C26H19Cl2N3S. The van der Waals surface area contributed by atoms with Crippen molar-refractivity contribution in [3.8, 4) is 16.8 Å². The minimum Gasteiger partial charge on any atom is -0.301 e. The summed E-state index contributed by atoms with van der Waals surface area (Å²) in [7, 11) is 0. The summed E-state index contributed by atoms with van der Waals surface area (Å²) < 4.78 is 2.09. The lowest BCUT2D eigenvalue weighted by Crippen LogP contribution is -1.95. The molecule has 5 rings (SSSR count). The molecule has 0 atom stereocenters. The standard InChI is InChI=1S/C26H19Cl2N3S/c1-17-11-12-20(13-23(17)28)31-14-21(18-7-3-2-4-8-18)24-25(31)29-16-30-26(24)32-15-19-9-5-6-10-22(19)27/h2-14,16H,15H2,1H3. The fourth-order valence-electron chi connectivity index (χ4n) is 3.67. The van der Waals surface area contributed by atoms with Gasteiger partial charge in [-0.1, -0.05) is 77.8 Å². The Morgan fingerprint density at radius 1 is 0.875 bits per heavy atom. The lowest BCUT2D eigenvalue weighted by Gasteiger charge is -2.08. The van der Waals surface area contributed by atoms with Crippen molar-refractivity contribution in [2.24, 2.45) is 0 Å². The Kier molecular flexibility index (Phi) is 5.92. The first-order chi connectivity index (χ1) is 15.6. The van der Waals surface area contributed by atoms with Gasteiger partial charge in [0, 0.05) is 33.2 Å². The second-order valence-corrected chi connectivity index (χ2v) is 9.25. The molecule has 2 heterocycles. The summed E-state index contributed by atoms with van der Waals surface area (Å²) in [6.45, 7) is 2.00. The van der Waals surface area contributed by atoms with Crippen LogP contribution in [0, 0.1) is 6.92 Å². The van der Waals surface area contributed by atoms with Crippen LogP contribution in [0.3, 0.4) is 0 Å². The van der Waals surface area contributed by atoms with Crippen molar-refractivity contribution in [2.75, 3.05) is 0 Å². The summed E-state index contributed by atoms with van der Waals surface area (Å²) >= 11 is 14.5. The Morgan fingerprint density at radius 3 is 2.44 bits per heavy atom. The SMILES string of the molecule is Cc1ccc(-n2cc(-c3ccccc3)c3c(SCc4ccccc4Cl)ncnc32)cc1Cl. The maximum atomic E-state index is 6.44. The topological polar surface area (TPSA) is 30.7 Å². The molecule has 2 aromatic heterocycles. The fourth-order valence-corrected chi connectivity index (χ4v) is 5.14. The number of fused-ring (bicyclic) bond motifs is 1. The number of halogens is 2. The molecule has 0 radical (unpaired) electrons. The second-order valence-electron chi connectivity index (χ2n) is 7.47. The number of hydrogen-bond acceptors (Lipinski definition) is 3. The zero-order valence-electron chi connectivity index (χ0n) is 17.3. The van der Waals surface area contributed by atoms with Gasteiger partial charge in [-0.15, -0.1) is 11.8 Å². The second kappa shape index (κ2) is 8.99. The van der Waals surface area contributed by atoms with Crippen LogP contribution in [-0.2, 0) is 5.75 Å². The molecule has 0 aliphatic carbocycles. The summed E-state index contributed by atoms with van der Waals surface area (Å²) in [5.74, 6) is 0.724. The third kappa shape index (κ3) is 4.02. The molecule has 0 bridgehead atoms. The minimum absolute atomic E-state index is 0.724. The van der Waals surface area contributed by atoms with Crippen LogP contribution in [0.4, 0.5) is 0 Å². The lowest BCUT2D eigenvalue weighted by molar-refractivity contribution is 1.04. The molecule has 0 aliphatic heterocycles. The van der Waals surface area contributed by atoms with Crippen LogP contribution in [0.25, 0.3) is 27.8 Å². The van der Waals surface area contributed by atoms with Crippen molar-refractivity contribution in [3.05, 3.63) is 106 Å². The first-order valence-corrected chi connectivity index (χ1v) is 11.9. The van der Waals surface area contributed by atoms with E-state index in [1.807, 2.05) is 61.5 Å². The highest BCUT2D eigenvalue weighted by atomic mass is 35.5. The molecule has 3 nitrogen and oxygen atoms in total. The van der Waals surface area contributed by atoms with Crippen molar-refractivity contribution >= 4 is 46.0 Å². The lowest BCUT2D eigenvalue weighted by atomic mass is 10.1. The summed E-state index contributed by atoms with van der Waals surface area (Å²) in [6.07, 6.45) is 3.74. The summed E-state index contributed by atoms with van der Waals surface area (Å²) in [5, 5.41) is 3.44. The highest BCUT2D eigenvalue weighted by Crippen LogP contribution is 2.38. The van der Waals surface area contributed by atoms with E-state index in [1.165, 1.54) is 0 Å². The van der Waals surface area contributed by atoms with E-state index in [2.05, 4.69) is 38.9 Å². The van der Waals surface area contributed by atoms with Gasteiger partial charge in [0.05, 0.1) is 5.39 Å². The van der Waals surface area contributed by atoms with Gasteiger partial charge in [-0.2, -0.15) is 0 Å². The first-order valence-electron chi connectivity index (χ1n) is 10.2. The predicted octanol–water partition coefficient (Wildman–Crippen LogP) is 8.00. The molecule has 158 valence electrons. The highest BCUT2D eigenvalue weighted by molar-refractivity contribution is 7.98. The molecule has 0 N–H and O–H groups in total. The molecule has 0 saturated carbocycles. The van der Waals surface area contributed by atoms with Crippen LogP contribution in [0.1, 0.15) is 11.1 Å². The molecule has 0 amide bonds. The molecule has 5 aromatic rings. The van der Waals surface area contributed by atoms with Crippen LogP contribution in [-0.4, -0.2) is 14.5 Å². The van der Waals surface area contributed by atoms with Crippen molar-refractivity contribution in [2.45, 2.75) is 17.7 Å². The maximum absolute atomic E-state index is 6.44. The van der Waals surface area contributed by atoms with E-state index >= 15 is 0 Å². The molecule has 3 aromatic carbocycles. The van der Waals surface area contributed by atoms with E-state index in [1.54, 1.807) is 18.1 Å². The van der Waals surface area contributed by atoms with Gasteiger partial charge in [0.15, 0.2) is 0 Å². The summed E-state index contributed by atoms with van der Waals surface area (Å²) in [5.41, 5.74) is 6.13. The van der Waals surface area contributed by atoms with Gasteiger partial charge in [0.2, 0.25) is 0 Å². The fraction of sp³-hybridized carbons (Fsp3) is 0.0769. The van der Waals surface area contributed by atoms with Gasteiger partial charge in [-0.3, -0.25) is 0 Å². The number of aromatic nitrogens is 3. The Hall–Kier alpha value is -2.79. The monoisotopic (exact) mass is 475 g/mol. The van der Waals surface area contributed by atoms with E-state index in [0.29, 0.717) is 0 Å². The average molecular weight is 476 g/mol. The zero-order chi connectivity index (χ0) is 22.1. The molecule has 6 heteroatoms. The summed E-state index contributed by atoms with van der Waals surface area (Å²) in [4.78, 5) is 9.30. The van der Waals surface area contributed by atoms with Gasteiger partial charge in [0.25, 0.3) is 0 Å². The van der Waals surface area contributed by atoms with Gasteiger partial charge >= 0.3 is 0 Å². The van der Waals surface area contributed by atoms with Crippen LogP contribution in [0.2, 0.25) is 10.0 Å². The Bertz CT molecular complexity index is 1410. The van der Waals surface area contributed by atoms with E-state index in [0.717, 1.165) is 59.8 Å². The molecule has 32 heavy (non-hydrogen) atoms. The van der Waals surface area contributed by atoms with Gasteiger partial charge in [-0.25, -0.2) is 9.97 Å². The van der Waals surface area contributed by atoms with Crippen LogP contribution in [0.15, 0.2) is 90.3 Å². The molecule has 0 saturated heterocycles. The van der Waals surface area contributed by atoms with Crippen LogP contribution < -0.4 is 0 Å². The van der Waals surface area contributed by atoms with Crippen molar-refractivity contribution in [1.29, 1.82) is 0 Å². The Morgan fingerprint density at radius 2 is 1.66 bits per heavy atom. The predicted molar refractivity (Wildman–Crippen MR) is 135 cm³/mol. The van der Waals surface area contributed by atoms with Crippen LogP contribution in [0.5, 0.6) is 0 Å². The highest BCUT2D eigenvalue weighted by Gasteiger charge is 2.18. The number of hydrogen-bond donors (Lipinski definition) is 0. The van der Waals surface area contributed by atoms with E-state index in [4.69, 9.17) is 23.2 Å². The van der Waals surface area contributed by atoms with Gasteiger partial charge < -0.3 is 4.57 Å². The molecule has 0 unspecified atom stereocenters. The third-order valence-electron chi connectivity index (χ3n) is 5.39. The largest absolute Gasteiger partial charge is 0.301 e. The van der Waals surface area contributed by atoms with Crippen molar-refractivity contribution in [3.63, 3.8) is 0 Å². The molecular weight excluding hydrogens is 457 g/mol. The number of nitrogens with zero attached hydrogens (tertiary/aromatic N) is 3. The van der Waals surface area contributed by atoms with Crippen LogP contribution >= 0.6 is 35.0 Å². The Balaban J connectivity index is 1.67. The quantitative estimate of drug-likeness (QED) is 0.190. The number of benzene rings is 3. The van der Waals surface area contributed by atoms with E-state index in [-0.39, 0.29) is 0 Å². The van der Waals surface area contributed by atoms with Crippen molar-refractivity contribution in [1.82, 2.24) is 14.5 Å². The van der Waals surface area contributed by atoms with Gasteiger partial charge in [-0.05, 0) is 41.8 Å². The maximum Gasteiger partial charge on any atom is 0.149 e. The average Bonchev–Trinajstić information content (AvgIpc) is 3.21. The molecule has 0 aliphatic rings. The summed E-state index contributed by atoms with van der Waals surface area (Å²) in [6, 6.07) is 24.3. The number of aryl methyl sites for hydroxylation is 1. The van der Waals surface area contributed by atoms with E-state index in [9.17, 15) is 0 Å². The number of thioether (sulfide) groups is 1. The van der Waals surface area contributed by atoms with Gasteiger partial charge in [0.1, 0.15) is 17.0 Å². The molecule has 0 fully saturated rings. The minimum atomic E-state index is 0.724.